The van der Waals surface area contributed by atoms with Crippen LogP contribution >= 0.6 is 35.6 Å². The van der Waals surface area contributed by atoms with Gasteiger partial charge in [-0.15, -0.1) is 24.0 Å². The van der Waals surface area contributed by atoms with Crippen LogP contribution < -0.4 is 5.32 Å². The van der Waals surface area contributed by atoms with Crippen LogP contribution in [-0.4, -0.2) is 59.8 Å². The van der Waals surface area contributed by atoms with E-state index >= 15 is 0 Å². The molecule has 0 atom stereocenters. The average molecular weight is 558 g/mol. The molecule has 31 heavy (non-hydrogen) atoms. The van der Waals surface area contributed by atoms with Gasteiger partial charge >= 0.3 is 0 Å². The Balaban J connectivity index is 0.00000341. The molecule has 0 aromatic heterocycles. The fraction of sp³-hybridized carbons (Fsp3) is 0.333. The van der Waals surface area contributed by atoms with Crippen molar-refractivity contribution in [2.45, 2.75) is 13.0 Å². The van der Waals surface area contributed by atoms with E-state index in [1.165, 1.54) is 6.07 Å². The number of piperazine rings is 1. The summed E-state index contributed by atoms with van der Waals surface area (Å²) in [5.41, 5.74) is 1.58. The molecule has 1 amide bonds. The Kier molecular flexibility index (Phi) is 9.50. The first-order chi connectivity index (χ1) is 14.5. The molecule has 2 aromatic carbocycles. The summed E-state index contributed by atoms with van der Waals surface area (Å²) >= 11 is 6.00. The quantitative estimate of drug-likeness (QED) is 0.200. The van der Waals surface area contributed by atoms with Crippen molar-refractivity contribution in [3.8, 4) is 0 Å². The van der Waals surface area contributed by atoms with Gasteiger partial charge in [0.05, 0.1) is 11.3 Å². The van der Waals surface area contributed by atoms with Crippen molar-refractivity contribution >= 4 is 53.1 Å². The van der Waals surface area contributed by atoms with Gasteiger partial charge in [-0.1, -0.05) is 41.9 Å². The molecule has 1 saturated heterocycles. The average Bonchev–Trinajstić information content (AvgIpc) is 2.75. The third-order valence-electron chi connectivity index (χ3n) is 5.01. The molecule has 1 fully saturated rings. The number of nitro groups is 1. The number of hydrogen-bond acceptors (Lipinski definition) is 4. The monoisotopic (exact) mass is 557 g/mol. The van der Waals surface area contributed by atoms with Crippen molar-refractivity contribution < 1.29 is 9.72 Å². The summed E-state index contributed by atoms with van der Waals surface area (Å²) in [5.74, 6) is 0.731. The zero-order valence-electron chi connectivity index (χ0n) is 17.2. The molecular weight excluding hydrogens is 533 g/mol. The summed E-state index contributed by atoms with van der Waals surface area (Å²) in [5, 5.41) is 15.0. The fourth-order valence-corrected chi connectivity index (χ4v) is 3.66. The Labute approximate surface area is 203 Å². The minimum absolute atomic E-state index is 0. The second kappa shape index (κ2) is 11.8. The van der Waals surface area contributed by atoms with E-state index in [1.54, 1.807) is 31.3 Å². The van der Waals surface area contributed by atoms with E-state index < -0.39 is 0 Å². The van der Waals surface area contributed by atoms with Crippen molar-refractivity contribution in [1.29, 1.82) is 0 Å². The van der Waals surface area contributed by atoms with Gasteiger partial charge in [0.25, 0.3) is 5.69 Å². The summed E-state index contributed by atoms with van der Waals surface area (Å²) in [6.45, 7) is 2.75. The number of carbonyl (C=O) groups excluding carboxylic acids is 1. The molecule has 0 bridgehead atoms. The zero-order chi connectivity index (χ0) is 21.5. The fourth-order valence-electron chi connectivity index (χ4n) is 3.45. The molecule has 0 aliphatic carbocycles. The van der Waals surface area contributed by atoms with E-state index in [9.17, 15) is 14.9 Å². The van der Waals surface area contributed by atoms with Gasteiger partial charge < -0.3 is 15.1 Å². The van der Waals surface area contributed by atoms with Crippen LogP contribution in [0.2, 0.25) is 5.02 Å². The molecule has 0 spiro atoms. The van der Waals surface area contributed by atoms with E-state index in [1.807, 2.05) is 23.1 Å². The Hall–Kier alpha value is -2.40. The lowest BCUT2D eigenvalue weighted by Crippen LogP contribution is -2.53. The second-order valence-corrected chi connectivity index (χ2v) is 7.40. The largest absolute Gasteiger partial charge is 0.352 e. The Morgan fingerprint density at radius 2 is 1.81 bits per heavy atom. The van der Waals surface area contributed by atoms with E-state index in [0.717, 1.165) is 5.56 Å². The van der Waals surface area contributed by atoms with Crippen LogP contribution in [0.15, 0.2) is 53.5 Å². The number of benzene rings is 2. The highest BCUT2D eigenvalue weighted by Crippen LogP contribution is 2.17. The maximum absolute atomic E-state index is 12.6. The van der Waals surface area contributed by atoms with Crippen LogP contribution in [0.4, 0.5) is 5.69 Å². The van der Waals surface area contributed by atoms with Crippen molar-refractivity contribution in [1.82, 2.24) is 15.1 Å². The van der Waals surface area contributed by atoms with E-state index in [-0.39, 0.29) is 40.5 Å². The number of carbonyl (C=O) groups is 1. The van der Waals surface area contributed by atoms with Crippen LogP contribution in [-0.2, 0) is 17.8 Å². The maximum Gasteiger partial charge on any atom is 0.274 e. The molecule has 1 heterocycles. The van der Waals surface area contributed by atoms with Gasteiger partial charge in [-0.25, -0.2) is 0 Å². The highest BCUT2D eigenvalue weighted by molar-refractivity contribution is 14.0. The predicted octanol–water partition coefficient (Wildman–Crippen LogP) is 3.33. The van der Waals surface area contributed by atoms with Crippen molar-refractivity contribution in [3.05, 3.63) is 74.8 Å². The minimum atomic E-state index is -0.385. The summed E-state index contributed by atoms with van der Waals surface area (Å²) in [7, 11) is 1.68. The second-order valence-electron chi connectivity index (χ2n) is 6.96. The number of aliphatic imine (C=N–C) groups is 1. The number of para-hydroxylation sites is 1. The van der Waals surface area contributed by atoms with Crippen LogP contribution in [0.3, 0.4) is 0 Å². The normalized spacial score (nSPS) is 14.1. The van der Waals surface area contributed by atoms with Crippen LogP contribution in [0.25, 0.3) is 0 Å². The van der Waals surface area contributed by atoms with Crippen LogP contribution in [0, 0.1) is 10.1 Å². The number of nitrogens with one attached hydrogen (secondary N) is 1. The van der Waals surface area contributed by atoms with E-state index in [4.69, 9.17) is 11.6 Å². The predicted molar refractivity (Wildman–Crippen MR) is 132 cm³/mol. The molecular formula is C21H25ClIN5O3. The first kappa shape index (κ1) is 24.9. The smallest absolute Gasteiger partial charge is 0.274 e. The van der Waals surface area contributed by atoms with Crippen LogP contribution in [0.1, 0.15) is 11.1 Å². The molecule has 1 N–H and O–H groups in total. The van der Waals surface area contributed by atoms with Crippen LogP contribution in [0.5, 0.6) is 0 Å². The van der Waals surface area contributed by atoms with E-state index in [2.05, 4.69) is 15.2 Å². The summed E-state index contributed by atoms with van der Waals surface area (Å²) < 4.78 is 0. The SMILES string of the molecule is CN=C(NCc1ccccc1[N+](=O)[O-])N1CCN(C(=O)Cc2cccc(Cl)c2)CC1.I. The van der Waals surface area contributed by atoms with Gasteiger partial charge in [0, 0.05) is 56.4 Å². The lowest BCUT2D eigenvalue weighted by Gasteiger charge is -2.36. The number of rotatable bonds is 5. The van der Waals surface area contributed by atoms with Crippen molar-refractivity contribution in [2.24, 2.45) is 4.99 Å². The van der Waals surface area contributed by atoms with Crippen molar-refractivity contribution in [3.63, 3.8) is 0 Å². The first-order valence-corrected chi connectivity index (χ1v) is 10.1. The molecule has 0 radical (unpaired) electrons. The van der Waals surface area contributed by atoms with Crippen molar-refractivity contribution in [2.75, 3.05) is 33.2 Å². The Bertz CT molecular complexity index is 948. The first-order valence-electron chi connectivity index (χ1n) is 9.68. The number of halogens is 2. The lowest BCUT2D eigenvalue weighted by atomic mass is 10.1. The topological polar surface area (TPSA) is 91.1 Å². The van der Waals surface area contributed by atoms with Gasteiger partial charge in [-0.2, -0.15) is 0 Å². The maximum atomic E-state index is 12.6. The number of nitro benzene ring substituents is 1. The van der Waals surface area contributed by atoms with Gasteiger partial charge in [0.2, 0.25) is 5.91 Å². The third-order valence-corrected chi connectivity index (χ3v) is 5.25. The summed E-state index contributed by atoms with van der Waals surface area (Å²) in [6.07, 6.45) is 0.325. The minimum Gasteiger partial charge on any atom is -0.352 e. The lowest BCUT2D eigenvalue weighted by molar-refractivity contribution is -0.385. The molecule has 0 unspecified atom stereocenters. The Morgan fingerprint density at radius 3 is 2.45 bits per heavy atom. The molecule has 0 saturated carbocycles. The zero-order valence-corrected chi connectivity index (χ0v) is 20.2. The highest BCUT2D eigenvalue weighted by Gasteiger charge is 2.23. The standard InChI is InChI=1S/C21H24ClN5O3.HI/c1-23-21(24-15-17-6-2-3-8-19(17)27(29)30)26-11-9-25(10-12-26)20(28)14-16-5-4-7-18(22)13-16;/h2-8,13H,9-12,14-15H2,1H3,(H,23,24);1H. The number of guanidine groups is 1. The molecule has 166 valence electrons. The molecule has 10 heteroatoms. The molecule has 3 rings (SSSR count). The highest BCUT2D eigenvalue weighted by atomic mass is 127. The molecule has 1 aliphatic rings. The number of hydrogen-bond donors (Lipinski definition) is 1. The number of amides is 1. The van der Waals surface area contributed by atoms with Gasteiger partial charge in [-0.3, -0.25) is 19.9 Å². The molecule has 8 nitrogen and oxygen atoms in total. The third kappa shape index (κ3) is 6.79. The number of nitrogens with zero attached hydrogens (tertiary/aromatic N) is 4. The van der Waals surface area contributed by atoms with Gasteiger partial charge in [0.15, 0.2) is 5.96 Å². The van der Waals surface area contributed by atoms with E-state index in [0.29, 0.717) is 55.7 Å². The van der Waals surface area contributed by atoms with Gasteiger partial charge in [0.1, 0.15) is 0 Å². The van der Waals surface area contributed by atoms with Gasteiger partial charge in [-0.05, 0) is 17.7 Å². The summed E-state index contributed by atoms with van der Waals surface area (Å²) in [6, 6.07) is 14.0. The molecule has 2 aromatic rings. The molecule has 1 aliphatic heterocycles. The Morgan fingerprint density at radius 1 is 1.13 bits per heavy atom. The summed E-state index contributed by atoms with van der Waals surface area (Å²) in [4.78, 5) is 31.6.